The zero-order valence-corrected chi connectivity index (χ0v) is 16.2. The third-order valence-electron chi connectivity index (χ3n) is 3.69. The number of hydrogen-bond acceptors (Lipinski definition) is 8. The summed E-state index contributed by atoms with van der Waals surface area (Å²) in [6.45, 7) is 3.45. The molecule has 0 saturated carbocycles. The van der Waals surface area contributed by atoms with Crippen molar-refractivity contribution in [3.63, 3.8) is 0 Å². The summed E-state index contributed by atoms with van der Waals surface area (Å²) in [7, 11) is -3.81. The highest BCUT2D eigenvalue weighted by atomic mass is 31.2. The number of nitro groups is 2. The number of non-ortho nitro benzene ring substituents is 2. The van der Waals surface area contributed by atoms with Crippen LogP contribution in [0.4, 0.5) is 17.1 Å². The Bertz CT molecular complexity index is 896. The van der Waals surface area contributed by atoms with Crippen molar-refractivity contribution in [1.29, 1.82) is 0 Å². The Morgan fingerprint density at radius 3 is 2.04 bits per heavy atom. The van der Waals surface area contributed by atoms with Gasteiger partial charge in [0.15, 0.2) is 5.78 Å². The van der Waals surface area contributed by atoms with Crippen LogP contribution in [-0.4, -0.2) is 23.1 Å². The van der Waals surface area contributed by atoms with E-state index in [1.807, 2.05) is 0 Å². The zero-order chi connectivity index (χ0) is 20.7. The molecule has 2 aromatic rings. The summed E-state index contributed by atoms with van der Waals surface area (Å²) < 4.78 is 24.2. The summed E-state index contributed by atoms with van der Waals surface area (Å²) >= 11 is 0. The molecule has 1 N–H and O–H groups in total. The minimum absolute atomic E-state index is 0.0827. The van der Waals surface area contributed by atoms with Gasteiger partial charge in [0.1, 0.15) is 0 Å². The molecule has 0 spiro atoms. The molecule has 1 unspecified atom stereocenters. The number of nitrogens with one attached hydrogen (secondary N) is 1. The maximum absolute atomic E-state index is 13.4. The number of nitrogens with zero attached hydrogens (tertiary/aromatic N) is 2. The zero-order valence-electron chi connectivity index (χ0n) is 15.3. The van der Waals surface area contributed by atoms with Crippen LogP contribution in [0.25, 0.3) is 0 Å². The minimum Gasteiger partial charge on any atom is -0.368 e. The first-order chi connectivity index (χ1) is 13.3. The number of rotatable bonds is 10. The Hall–Kier alpha value is -2.81. The van der Waals surface area contributed by atoms with Gasteiger partial charge in [0.2, 0.25) is 0 Å². The summed E-state index contributed by atoms with van der Waals surface area (Å²) in [4.78, 5) is 21.0. The van der Waals surface area contributed by atoms with Crippen LogP contribution in [0.15, 0.2) is 48.5 Å². The molecule has 0 aliphatic heterocycles. The van der Waals surface area contributed by atoms with Crippen LogP contribution in [-0.2, 0) is 13.6 Å². The molecule has 2 rings (SSSR count). The van der Waals surface area contributed by atoms with Crippen molar-refractivity contribution >= 4 is 24.7 Å². The summed E-state index contributed by atoms with van der Waals surface area (Å²) in [5.74, 6) is -1.10. The Morgan fingerprint density at radius 2 is 1.50 bits per heavy atom. The van der Waals surface area contributed by atoms with E-state index in [1.54, 1.807) is 26.0 Å². The van der Waals surface area contributed by atoms with Crippen molar-refractivity contribution in [2.45, 2.75) is 19.6 Å². The van der Waals surface area contributed by atoms with Gasteiger partial charge in [0.05, 0.1) is 23.1 Å². The molecular formula is C17H20N3O7P. The quantitative estimate of drug-likeness (QED) is 0.333. The van der Waals surface area contributed by atoms with E-state index in [2.05, 4.69) is 5.32 Å². The highest BCUT2D eigenvalue weighted by Crippen LogP contribution is 2.61. The van der Waals surface area contributed by atoms with Crippen LogP contribution in [0.2, 0.25) is 0 Å². The highest BCUT2D eigenvalue weighted by Gasteiger charge is 2.38. The Labute approximate surface area is 161 Å². The molecule has 0 saturated heterocycles. The first-order valence-electron chi connectivity index (χ1n) is 8.45. The second-order valence-corrected chi connectivity index (χ2v) is 7.69. The van der Waals surface area contributed by atoms with Crippen molar-refractivity contribution in [3.8, 4) is 0 Å². The Kier molecular flexibility index (Phi) is 7.22. The number of hydrogen-bond donors (Lipinski definition) is 1. The third kappa shape index (κ3) is 5.13. The van der Waals surface area contributed by atoms with Gasteiger partial charge in [0, 0.05) is 30.0 Å². The van der Waals surface area contributed by atoms with Gasteiger partial charge in [-0.1, -0.05) is 18.2 Å². The topological polar surface area (TPSA) is 134 Å². The van der Waals surface area contributed by atoms with Crippen molar-refractivity contribution in [3.05, 3.63) is 74.3 Å². The predicted molar refractivity (Wildman–Crippen MR) is 103 cm³/mol. The van der Waals surface area contributed by atoms with Crippen molar-refractivity contribution < 1.29 is 23.5 Å². The molecule has 0 bridgehead atoms. The van der Waals surface area contributed by atoms with Gasteiger partial charge in [0.25, 0.3) is 11.4 Å². The molecule has 0 heterocycles. The summed E-state index contributed by atoms with van der Waals surface area (Å²) in [6.07, 6.45) is 0. The SMILES string of the molecule is CCOP(=O)(OCC)C(Nc1cccc([N+](=O)[O-])c1)c1cccc([N+](=O)[O-])c1. The molecule has 0 fully saturated rings. The van der Waals surface area contributed by atoms with Crippen molar-refractivity contribution in [2.75, 3.05) is 18.5 Å². The van der Waals surface area contributed by atoms with Crippen LogP contribution in [0, 0.1) is 20.2 Å². The monoisotopic (exact) mass is 409 g/mol. The number of nitro benzene ring substituents is 2. The smallest absolute Gasteiger partial charge is 0.357 e. The second-order valence-electron chi connectivity index (χ2n) is 5.58. The molecular weight excluding hydrogens is 389 g/mol. The van der Waals surface area contributed by atoms with E-state index >= 15 is 0 Å². The van der Waals surface area contributed by atoms with Gasteiger partial charge in [-0.05, 0) is 25.5 Å². The van der Waals surface area contributed by atoms with Crippen LogP contribution < -0.4 is 5.32 Å². The molecule has 28 heavy (non-hydrogen) atoms. The fraction of sp³-hybridized carbons (Fsp3) is 0.294. The van der Waals surface area contributed by atoms with E-state index in [9.17, 15) is 24.8 Å². The van der Waals surface area contributed by atoms with Gasteiger partial charge in [-0.25, -0.2) is 0 Å². The Balaban J connectivity index is 2.54. The van der Waals surface area contributed by atoms with E-state index in [0.717, 1.165) is 0 Å². The third-order valence-corrected chi connectivity index (χ3v) is 5.99. The standard InChI is InChI=1S/C17H20N3O7P/c1-3-26-28(25,27-4-2)17(13-7-5-9-15(11-13)19(21)22)18-14-8-6-10-16(12-14)20(23)24/h5-12,17-18H,3-4H2,1-2H3. The number of anilines is 1. The van der Waals surface area contributed by atoms with Gasteiger partial charge in [-0.2, -0.15) is 0 Å². The van der Waals surface area contributed by atoms with Crippen molar-refractivity contribution in [1.82, 2.24) is 0 Å². The molecule has 0 aliphatic carbocycles. The molecule has 2 aromatic carbocycles. The molecule has 0 aromatic heterocycles. The van der Waals surface area contributed by atoms with Gasteiger partial charge in [-0.3, -0.25) is 24.8 Å². The molecule has 0 aliphatic rings. The van der Waals surface area contributed by atoms with E-state index in [4.69, 9.17) is 9.05 Å². The lowest BCUT2D eigenvalue weighted by Gasteiger charge is -2.28. The van der Waals surface area contributed by atoms with E-state index in [1.165, 1.54) is 36.4 Å². The molecule has 10 nitrogen and oxygen atoms in total. The highest BCUT2D eigenvalue weighted by molar-refractivity contribution is 7.54. The summed E-state index contributed by atoms with van der Waals surface area (Å²) in [5.41, 5.74) is 0.240. The fourth-order valence-electron chi connectivity index (χ4n) is 2.57. The normalized spacial score (nSPS) is 12.4. The number of benzene rings is 2. The second kappa shape index (κ2) is 9.41. The van der Waals surface area contributed by atoms with Crippen LogP contribution in [0.3, 0.4) is 0 Å². The minimum atomic E-state index is -3.81. The van der Waals surface area contributed by atoms with Crippen LogP contribution in [0.1, 0.15) is 25.2 Å². The molecule has 0 amide bonds. The first kappa shape index (κ1) is 21.5. The predicted octanol–water partition coefficient (Wildman–Crippen LogP) is 4.88. The van der Waals surface area contributed by atoms with Crippen molar-refractivity contribution in [2.24, 2.45) is 0 Å². The lowest BCUT2D eigenvalue weighted by molar-refractivity contribution is -0.385. The fourth-order valence-corrected chi connectivity index (χ4v) is 4.49. The first-order valence-corrected chi connectivity index (χ1v) is 10.1. The lowest BCUT2D eigenvalue weighted by atomic mass is 10.2. The van der Waals surface area contributed by atoms with Gasteiger partial charge in [-0.15, -0.1) is 0 Å². The van der Waals surface area contributed by atoms with Gasteiger partial charge < -0.3 is 14.4 Å². The average Bonchev–Trinajstić information content (AvgIpc) is 2.66. The Morgan fingerprint density at radius 1 is 0.964 bits per heavy atom. The molecule has 150 valence electrons. The summed E-state index contributed by atoms with van der Waals surface area (Å²) in [6, 6.07) is 11.2. The molecule has 0 radical (unpaired) electrons. The maximum Gasteiger partial charge on any atom is 0.357 e. The van der Waals surface area contributed by atoms with E-state index < -0.39 is 23.2 Å². The maximum atomic E-state index is 13.4. The summed E-state index contributed by atoms with van der Waals surface area (Å²) in [5, 5.41) is 25.1. The average molecular weight is 409 g/mol. The van der Waals surface area contributed by atoms with Crippen LogP contribution in [0.5, 0.6) is 0 Å². The van der Waals surface area contributed by atoms with E-state index in [0.29, 0.717) is 11.3 Å². The molecule has 11 heteroatoms. The molecule has 1 atom stereocenters. The van der Waals surface area contributed by atoms with E-state index in [-0.39, 0.29) is 24.6 Å². The van der Waals surface area contributed by atoms with Crippen LogP contribution >= 0.6 is 7.60 Å². The van der Waals surface area contributed by atoms with Gasteiger partial charge >= 0.3 is 7.60 Å². The lowest BCUT2D eigenvalue weighted by Crippen LogP contribution is -2.15. The largest absolute Gasteiger partial charge is 0.368 e.